The molecule has 0 unspecified atom stereocenters. The summed E-state index contributed by atoms with van der Waals surface area (Å²) < 4.78 is 12.1. The average molecular weight is 557 g/mol. The van der Waals surface area contributed by atoms with Gasteiger partial charge in [0.05, 0.1) is 41.2 Å². The Balaban J connectivity index is 1.09. The van der Waals surface area contributed by atoms with E-state index in [1.807, 2.05) is 12.1 Å². The number of piperidine rings is 1. The highest BCUT2D eigenvalue weighted by atomic mass is 35.5. The molecule has 38 heavy (non-hydrogen) atoms. The number of anilines is 2. The van der Waals surface area contributed by atoms with Gasteiger partial charge in [-0.2, -0.15) is 0 Å². The van der Waals surface area contributed by atoms with Gasteiger partial charge in [-0.15, -0.1) is 0 Å². The third-order valence-electron chi connectivity index (χ3n) is 7.07. The van der Waals surface area contributed by atoms with E-state index in [4.69, 9.17) is 32.5 Å². The summed E-state index contributed by atoms with van der Waals surface area (Å²) in [5, 5.41) is 5.40. The zero-order valence-electron chi connectivity index (χ0n) is 20.5. The van der Waals surface area contributed by atoms with Crippen LogP contribution in [0.2, 0.25) is 10.0 Å². The molecule has 0 atom stereocenters. The molecule has 2 saturated heterocycles. The van der Waals surface area contributed by atoms with Gasteiger partial charge in [-0.05, 0) is 49.9 Å². The summed E-state index contributed by atoms with van der Waals surface area (Å²) >= 11 is 12.9. The molecule has 3 fully saturated rings. The number of amides is 3. The molecule has 0 spiro atoms. The number of benzene rings is 1. The van der Waals surface area contributed by atoms with Crippen LogP contribution in [-0.2, 0) is 16.1 Å². The monoisotopic (exact) mass is 556 g/mol. The van der Waals surface area contributed by atoms with Gasteiger partial charge in [0.25, 0.3) is 5.91 Å². The van der Waals surface area contributed by atoms with Crippen molar-refractivity contribution in [3.63, 3.8) is 0 Å². The number of urea groups is 1. The Kier molecular flexibility index (Phi) is 6.96. The van der Waals surface area contributed by atoms with Crippen LogP contribution in [0, 0.1) is 0 Å². The highest BCUT2D eigenvalue weighted by Gasteiger charge is 2.34. The van der Waals surface area contributed by atoms with Crippen LogP contribution in [0.1, 0.15) is 42.9 Å². The minimum Gasteiger partial charge on any atom is -0.373 e. The third-order valence-corrected chi connectivity index (χ3v) is 7.70. The number of pyridine rings is 1. The fourth-order valence-electron chi connectivity index (χ4n) is 4.90. The molecule has 0 bridgehead atoms. The molecule has 2 N–H and O–H groups in total. The Bertz CT molecular complexity index is 1320. The molecule has 3 aromatic rings. The second-order valence-electron chi connectivity index (χ2n) is 9.63. The molecule has 1 aliphatic carbocycles. The number of carbonyl (C=O) groups is 2. The molecule has 4 heterocycles. The molecule has 2 aliphatic heterocycles. The normalized spacial score (nSPS) is 18.7. The molecular formula is C26H26Cl2N6O4. The lowest BCUT2D eigenvalue weighted by Crippen LogP contribution is -2.58. The number of ether oxygens (including phenoxy) is 1. The van der Waals surface area contributed by atoms with E-state index in [1.165, 1.54) is 0 Å². The van der Waals surface area contributed by atoms with E-state index in [9.17, 15) is 9.59 Å². The summed E-state index contributed by atoms with van der Waals surface area (Å²) in [6, 6.07) is 8.45. The maximum Gasteiger partial charge on any atom is 0.343 e. The van der Waals surface area contributed by atoms with Gasteiger partial charge in [0.1, 0.15) is 17.3 Å². The number of aromatic nitrogens is 2. The van der Waals surface area contributed by atoms with E-state index >= 15 is 0 Å². The first kappa shape index (κ1) is 25.1. The van der Waals surface area contributed by atoms with Gasteiger partial charge in [-0.3, -0.25) is 10.2 Å². The van der Waals surface area contributed by atoms with Gasteiger partial charge in [0.2, 0.25) is 0 Å². The van der Waals surface area contributed by atoms with E-state index < -0.39 is 6.03 Å². The predicted molar refractivity (Wildman–Crippen MR) is 142 cm³/mol. The van der Waals surface area contributed by atoms with Gasteiger partial charge in [0.15, 0.2) is 0 Å². The lowest BCUT2D eigenvalue weighted by Gasteiger charge is -2.33. The second kappa shape index (κ2) is 10.5. The summed E-state index contributed by atoms with van der Waals surface area (Å²) in [6.07, 6.45) is 5.44. The number of hydrogen-bond donors (Lipinski definition) is 2. The van der Waals surface area contributed by atoms with Crippen molar-refractivity contribution >= 4 is 46.6 Å². The maximum atomic E-state index is 12.1. The Hall–Kier alpha value is -3.18. The van der Waals surface area contributed by atoms with E-state index in [-0.39, 0.29) is 18.6 Å². The number of rotatable bonds is 7. The van der Waals surface area contributed by atoms with Crippen molar-refractivity contribution in [1.29, 1.82) is 0 Å². The van der Waals surface area contributed by atoms with Crippen LogP contribution >= 0.6 is 23.2 Å². The van der Waals surface area contributed by atoms with Gasteiger partial charge in [-0.1, -0.05) is 34.4 Å². The molecule has 1 aromatic carbocycles. The minimum absolute atomic E-state index is 0.0327. The van der Waals surface area contributed by atoms with Gasteiger partial charge < -0.3 is 14.2 Å². The van der Waals surface area contributed by atoms with Crippen LogP contribution in [0.3, 0.4) is 0 Å². The molecule has 1 saturated carbocycles. The number of halogens is 2. The molecular weight excluding hydrogens is 531 g/mol. The number of imide groups is 1. The van der Waals surface area contributed by atoms with E-state index in [2.05, 4.69) is 25.9 Å². The minimum atomic E-state index is -0.522. The van der Waals surface area contributed by atoms with Crippen LogP contribution in [-0.4, -0.2) is 47.8 Å². The summed E-state index contributed by atoms with van der Waals surface area (Å²) in [4.78, 5) is 31.9. The summed E-state index contributed by atoms with van der Waals surface area (Å²) in [7, 11) is 0. The van der Waals surface area contributed by atoms with Gasteiger partial charge in [0, 0.05) is 30.1 Å². The number of hydrazine groups is 1. The second-order valence-corrected chi connectivity index (χ2v) is 10.4. The van der Waals surface area contributed by atoms with Crippen molar-refractivity contribution in [2.45, 2.75) is 44.3 Å². The van der Waals surface area contributed by atoms with Crippen molar-refractivity contribution in [2.24, 2.45) is 0 Å². The number of nitrogens with one attached hydrogen (secondary N) is 2. The van der Waals surface area contributed by atoms with E-state index in [0.717, 1.165) is 60.8 Å². The molecule has 3 aliphatic rings. The third kappa shape index (κ3) is 4.96. The molecule has 2 aromatic heterocycles. The van der Waals surface area contributed by atoms with Crippen LogP contribution < -0.4 is 20.7 Å². The van der Waals surface area contributed by atoms with Gasteiger partial charge >= 0.3 is 6.03 Å². The number of carbonyl (C=O) groups excluding carboxylic acids is 2. The van der Waals surface area contributed by atoms with Crippen molar-refractivity contribution in [2.75, 3.05) is 29.4 Å². The summed E-state index contributed by atoms with van der Waals surface area (Å²) in [6.45, 7) is 1.95. The zero-order valence-corrected chi connectivity index (χ0v) is 22.0. The smallest absolute Gasteiger partial charge is 0.343 e. The molecule has 10 nitrogen and oxygen atoms in total. The van der Waals surface area contributed by atoms with Crippen LogP contribution in [0.4, 0.5) is 16.3 Å². The quantitative estimate of drug-likeness (QED) is 0.431. The average Bonchev–Trinajstić information content (AvgIpc) is 3.68. The standard InChI is InChI=1S/C26H26Cl2N6O4/c27-19-2-1-3-20(28)23(19)24-18(25(38-32-24)15-4-5-15)14-37-17-8-10-33(11-9-17)21-7-6-16(12-29-21)34-22(35)13-30-31-26(34)36/h1-3,6-7,12,15,17,30H,4-5,8-11,13-14H2,(H,31,36). The van der Waals surface area contributed by atoms with Crippen molar-refractivity contribution < 1.29 is 18.8 Å². The Morgan fingerprint density at radius 1 is 1.05 bits per heavy atom. The van der Waals surface area contributed by atoms with Crippen molar-refractivity contribution in [1.82, 2.24) is 21.0 Å². The highest BCUT2D eigenvalue weighted by molar-refractivity contribution is 6.39. The van der Waals surface area contributed by atoms with Crippen LogP contribution in [0.25, 0.3) is 11.3 Å². The first-order valence-electron chi connectivity index (χ1n) is 12.6. The first-order chi connectivity index (χ1) is 18.5. The fraction of sp³-hybridized carbons (Fsp3) is 0.385. The Morgan fingerprint density at radius 2 is 1.82 bits per heavy atom. The van der Waals surface area contributed by atoms with Crippen LogP contribution in [0.15, 0.2) is 41.1 Å². The summed E-state index contributed by atoms with van der Waals surface area (Å²) in [5.74, 6) is 1.70. The van der Waals surface area contributed by atoms with Crippen molar-refractivity contribution in [3.05, 3.63) is 57.9 Å². The number of hydrogen-bond acceptors (Lipinski definition) is 8. The lowest BCUT2D eigenvalue weighted by atomic mass is 10.0. The molecule has 198 valence electrons. The SMILES string of the molecule is O=C1CNNC(=O)N1c1ccc(N2CCC(OCc3c(-c4c(Cl)cccc4Cl)noc3C3CC3)CC2)nc1. The van der Waals surface area contributed by atoms with Gasteiger partial charge in [-0.25, -0.2) is 20.1 Å². The number of nitrogens with zero attached hydrogens (tertiary/aromatic N) is 4. The maximum absolute atomic E-state index is 12.1. The highest BCUT2D eigenvalue weighted by Crippen LogP contribution is 2.46. The predicted octanol–water partition coefficient (Wildman–Crippen LogP) is 4.67. The Labute approximate surface area is 229 Å². The van der Waals surface area contributed by atoms with E-state index in [1.54, 1.807) is 24.4 Å². The fourth-order valence-corrected chi connectivity index (χ4v) is 5.48. The molecule has 6 rings (SSSR count). The molecule has 0 radical (unpaired) electrons. The Morgan fingerprint density at radius 3 is 2.47 bits per heavy atom. The first-order valence-corrected chi connectivity index (χ1v) is 13.4. The largest absolute Gasteiger partial charge is 0.373 e. The van der Waals surface area contributed by atoms with Crippen molar-refractivity contribution in [3.8, 4) is 11.3 Å². The topological polar surface area (TPSA) is 113 Å². The summed E-state index contributed by atoms with van der Waals surface area (Å²) in [5.41, 5.74) is 7.67. The molecule has 12 heteroatoms. The lowest BCUT2D eigenvalue weighted by molar-refractivity contribution is -0.117. The van der Waals surface area contributed by atoms with Crippen LogP contribution in [0.5, 0.6) is 0 Å². The van der Waals surface area contributed by atoms with E-state index in [0.29, 0.717) is 39.5 Å². The molecule has 3 amide bonds. The zero-order chi connectivity index (χ0) is 26.2.